The third-order valence-electron chi connectivity index (χ3n) is 2.72. The number of hydrogen-bond donors (Lipinski definition) is 1. The molecule has 2 aromatic rings. The number of anilines is 1. The van der Waals surface area contributed by atoms with Crippen molar-refractivity contribution < 1.29 is 19.2 Å². The van der Waals surface area contributed by atoms with Crippen LogP contribution in [-0.2, 0) is 16.1 Å². The van der Waals surface area contributed by atoms with E-state index in [1.54, 1.807) is 14.0 Å². The molecule has 1 aromatic carbocycles. The van der Waals surface area contributed by atoms with Crippen LogP contribution in [0.1, 0.15) is 10.6 Å². The van der Waals surface area contributed by atoms with Gasteiger partial charge in [0.05, 0.1) is 4.92 Å². The standard InChI is InChI=1S/C13H14N4O5S/c1-8-5-9(3-4-10(8)17(19)20)22-6-11(18)14-13-16-15-12(23-13)7-21-2/h3-5H,6-7H2,1-2H3,(H,14,16,18). The molecule has 122 valence electrons. The summed E-state index contributed by atoms with van der Waals surface area (Å²) in [7, 11) is 1.54. The zero-order valence-electron chi connectivity index (χ0n) is 12.4. The lowest BCUT2D eigenvalue weighted by Gasteiger charge is -2.06. The Hall–Kier alpha value is -2.59. The molecule has 0 radical (unpaired) electrons. The predicted molar refractivity (Wildman–Crippen MR) is 82.6 cm³/mol. The fourth-order valence-corrected chi connectivity index (χ4v) is 2.44. The zero-order valence-corrected chi connectivity index (χ0v) is 13.3. The number of nitro benzene ring substituents is 1. The number of ether oxygens (including phenoxy) is 2. The van der Waals surface area contributed by atoms with Gasteiger partial charge in [-0.05, 0) is 19.1 Å². The van der Waals surface area contributed by atoms with Crippen LogP contribution in [0, 0.1) is 17.0 Å². The van der Waals surface area contributed by atoms with Gasteiger partial charge in [0.1, 0.15) is 17.4 Å². The number of aromatic nitrogens is 2. The zero-order chi connectivity index (χ0) is 16.8. The average Bonchev–Trinajstić information content (AvgIpc) is 2.92. The molecule has 0 atom stereocenters. The smallest absolute Gasteiger partial charge is 0.272 e. The van der Waals surface area contributed by atoms with E-state index < -0.39 is 10.8 Å². The third-order valence-corrected chi connectivity index (χ3v) is 3.53. The molecule has 0 saturated carbocycles. The minimum atomic E-state index is -0.473. The van der Waals surface area contributed by atoms with Gasteiger partial charge in [0.25, 0.3) is 11.6 Å². The molecule has 0 fully saturated rings. The highest BCUT2D eigenvalue weighted by molar-refractivity contribution is 7.15. The Labute approximate surface area is 135 Å². The van der Waals surface area contributed by atoms with Crippen molar-refractivity contribution in [1.82, 2.24) is 10.2 Å². The highest BCUT2D eigenvalue weighted by Gasteiger charge is 2.12. The van der Waals surface area contributed by atoms with Crippen molar-refractivity contribution in [3.8, 4) is 5.75 Å². The van der Waals surface area contributed by atoms with Crippen LogP contribution in [0.5, 0.6) is 5.75 Å². The van der Waals surface area contributed by atoms with Crippen LogP contribution in [0.15, 0.2) is 18.2 Å². The summed E-state index contributed by atoms with van der Waals surface area (Å²) in [6, 6.07) is 4.29. The SMILES string of the molecule is COCc1nnc(NC(=O)COc2ccc([N+](=O)[O-])c(C)c2)s1. The van der Waals surface area contributed by atoms with Crippen LogP contribution in [0.4, 0.5) is 10.8 Å². The van der Waals surface area contributed by atoms with E-state index in [4.69, 9.17) is 9.47 Å². The summed E-state index contributed by atoms with van der Waals surface area (Å²) < 4.78 is 10.2. The molecule has 10 heteroatoms. The minimum Gasteiger partial charge on any atom is -0.484 e. The normalized spacial score (nSPS) is 10.3. The number of rotatable bonds is 7. The Bertz CT molecular complexity index is 718. The summed E-state index contributed by atoms with van der Waals surface area (Å²) in [5.41, 5.74) is 0.461. The highest BCUT2D eigenvalue weighted by Crippen LogP contribution is 2.23. The lowest BCUT2D eigenvalue weighted by atomic mass is 10.2. The van der Waals surface area contributed by atoms with Crippen LogP contribution in [-0.4, -0.2) is 34.7 Å². The van der Waals surface area contributed by atoms with E-state index in [0.717, 1.165) is 0 Å². The van der Waals surface area contributed by atoms with E-state index in [0.29, 0.717) is 28.1 Å². The fourth-order valence-electron chi connectivity index (χ4n) is 1.71. The van der Waals surface area contributed by atoms with Gasteiger partial charge in [0, 0.05) is 18.7 Å². The molecule has 23 heavy (non-hydrogen) atoms. The van der Waals surface area contributed by atoms with Gasteiger partial charge in [-0.1, -0.05) is 11.3 Å². The van der Waals surface area contributed by atoms with E-state index >= 15 is 0 Å². The molecule has 0 bridgehead atoms. The Balaban J connectivity index is 1.88. The van der Waals surface area contributed by atoms with E-state index in [1.165, 1.54) is 29.5 Å². The Morgan fingerprint density at radius 1 is 1.43 bits per heavy atom. The topological polar surface area (TPSA) is 116 Å². The Kier molecular flexibility index (Phi) is 5.55. The average molecular weight is 338 g/mol. The second-order valence-electron chi connectivity index (χ2n) is 4.48. The molecular weight excluding hydrogens is 324 g/mol. The van der Waals surface area contributed by atoms with Gasteiger partial charge < -0.3 is 9.47 Å². The Morgan fingerprint density at radius 3 is 2.87 bits per heavy atom. The molecule has 1 heterocycles. The van der Waals surface area contributed by atoms with E-state index in [-0.39, 0.29) is 12.3 Å². The summed E-state index contributed by atoms with van der Waals surface area (Å²) in [4.78, 5) is 22.0. The molecule has 0 saturated heterocycles. The van der Waals surface area contributed by atoms with Gasteiger partial charge >= 0.3 is 0 Å². The highest BCUT2D eigenvalue weighted by atomic mass is 32.1. The lowest BCUT2D eigenvalue weighted by molar-refractivity contribution is -0.385. The van der Waals surface area contributed by atoms with Crippen molar-refractivity contribution in [3.63, 3.8) is 0 Å². The van der Waals surface area contributed by atoms with Gasteiger partial charge in [-0.2, -0.15) is 0 Å². The van der Waals surface area contributed by atoms with Gasteiger partial charge in [-0.25, -0.2) is 0 Å². The molecule has 1 amide bonds. The molecule has 0 aliphatic carbocycles. The van der Waals surface area contributed by atoms with Crippen molar-refractivity contribution in [1.29, 1.82) is 0 Å². The Morgan fingerprint density at radius 2 is 2.22 bits per heavy atom. The number of nitrogens with one attached hydrogen (secondary N) is 1. The number of nitrogens with zero attached hydrogens (tertiary/aromatic N) is 3. The van der Waals surface area contributed by atoms with Crippen LogP contribution in [0.3, 0.4) is 0 Å². The van der Waals surface area contributed by atoms with Crippen LogP contribution in [0.2, 0.25) is 0 Å². The van der Waals surface area contributed by atoms with Crippen molar-refractivity contribution in [2.24, 2.45) is 0 Å². The number of carbonyl (C=O) groups excluding carboxylic acids is 1. The molecular formula is C13H14N4O5S. The van der Waals surface area contributed by atoms with E-state index in [9.17, 15) is 14.9 Å². The molecule has 1 N–H and O–H groups in total. The van der Waals surface area contributed by atoms with Crippen molar-refractivity contribution in [2.75, 3.05) is 19.0 Å². The maximum Gasteiger partial charge on any atom is 0.272 e. The second kappa shape index (κ2) is 7.61. The van der Waals surface area contributed by atoms with Crippen molar-refractivity contribution >= 4 is 28.1 Å². The minimum absolute atomic E-state index is 0.00124. The first-order chi connectivity index (χ1) is 11.0. The maximum atomic E-state index is 11.8. The molecule has 2 rings (SSSR count). The summed E-state index contributed by atoms with van der Waals surface area (Å²) in [6.45, 7) is 1.69. The first-order valence-corrected chi connectivity index (χ1v) is 7.30. The number of benzene rings is 1. The molecule has 0 aliphatic rings. The summed E-state index contributed by atoms with van der Waals surface area (Å²) in [5.74, 6) is -0.0262. The number of carbonyl (C=O) groups is 1. The maximum absolute atomic E-state index is 11.8. The lowest BCUT2D eigenvalue weighted by Crippen LogP contribution is -2.20. The molecule has 0 unspecified atom stereocenters. The van der Waals surface area contributed by atoms with Crippen LogP contribution < -0.4 is 10.1 Å². The monoisotopic (exact) mass is 338 g/mol. The quantitative estimate of drug-likeness (QED) is 0.605. The van der Waals surface area contributed by atoms with Crippen LogP contribution in [0.25, 0.3) is 0 Å². The number of aryl methyl sites for hydroxylation is 1. The van der Waals surface area contributed by atoms with E-state index in [2.05, 4.69) is 15.5 Å². The van der Waals surface area contributed by atoms with Gasteiger partial charge in [-0.3, -0.25) is 20.2 Å². The van der Waals surface area contributed by atoms with Gasteiger partial charge in [-0.15, -0.1) is 10.2 Å². The van der Waals surface area contributed by atoms with Gasteiger partial charge in [0.2, 0.25) is 5.13 Å². The number of methoxy groups -OCH3 is 1. The van der Waals surface area contributed by atoms with E-state index in [1.807, 2.05) is 0 Å². The molecule has 9 nitrogen and oxygen atoms in total. The summed E-state index contributed by atoms with van der Waals surface area (Å²) in [5, 5.41) is 21.9. The first-order valence-electron chi connectivity index (χ1n) is 6.48. The van der Waals surface area contributed by atoms with Crippen molar-refractivity contribution in [2.45, 2.75) is 13.5 Å². The summed E-state index contributed by atoms with van der Waals surface area (Å²) >= 11 is 1.21. The largest absolute Gasteiger partial charge is 0.484 e. The first kappa shape index (κ1) is 16.8. The number of amides is 1. The van der Waals surface area contributed by atoms with Crippen LogP contribution >= 0.6 is 11.3 Å². The predicted octanol–water partition coefficient (Wildman–Crippen LogP) is 1.92. The van der Waals surface area contributed by atoms with Gasteiger partial charge in [0.15, 0.2) is 6.61 Å². The third kappa shape index (κ3) is 4.69. The molecule has 1 aromatic heterocycles. The number of hydrogen-bond acceptors (Lipinski definition) is 8. The van der Waals surface area contributed by atoms with Crippen molar-refractivity contribution in [3.05, 3.63) is 38.9 Å². The fraction of sp³-hybridized carbons (Fsp3) is 0.308. The number of nitro groups is 1. The second-order valence-corrected chi connectivity index (χ2v) is 5.54. The molecule has 0 aliphatic heterocycles. The summed E-state index contributed by atoms with van der Waals surface area (Å²) in [6.07, 6.45) is 0. The molecule has 0 spiro atoms.